The van der Waals surface area contributed by atoms with E-state index >= 15 is 0 Å². The molecule has 4 heteroatoms. The number of likely N-dealkylation sites (N-methyl/N-ethyl adjacent to an activating group) is 1. The summed E-state index contributed by atoms with van der Waals surface area (Å²) in [5.41, 5.74) is 0. The van der Waals surface area contributed by atoms with Crippen LogP contribution in [0.2, 0.25) is 0 Å². The fourth-order valence-corrected chi connectivity index (χ4v) is 1.68. The summed E-state index contributed by atoms with van der Waals surface area (Å²) >= 11 is 1.83. The number of nitrogens with zero attached hydrogens (tertiary/aromatic N) is 1. The molecule has 0 spiro atoms. The summed E-state index contributed by atoms with van der Waals surface area (Å²) in [4.78, 5) is 13.4. The van der Waals surface area contributed by atoms with Gasteiger partial charge in [0, 0.05) is 24.9 Å². The summed E-state index contributed by atoms with van der Waals surface area (Å²) in [5, 5.41) is 3.34. The number of amides is 1. The first-order valence-corrected chi connectivity index (χ1v) is 6.22. The van der Waals surface area contributed by atoms with Crippen LogP contribution in [-0.4, -0.2) is 48.0 Å². The van der Waals surface area contributed by atoms with Gasteiger partial charge >= 0.3 is 0 Å². The minimum absolute atomic E-state index is 0.0476. The molecule has 1 unspecified atom stereocenters. The van der Waals surface area contributed by atoms with Crippen molar-refractivity contribution in [3.8, 4) is 0 Å². The van der Waals surface area contributed by atoms with Gasteiger partial charge in [0.1, 0.15) is 0 Å². The smallest absolute Gasteiger partial charge is 0.239 e. The van der Waals surface area contributed by atoms with Crippen LogP contribution in [0.1, 0.15) is 20.3 Å². The molecule has 14 heavy (non-hydrogen) atoms. The highest BCUT2D eigenvalue weighted by atomic mass is 32.2. The summed E-state index contributed by atoms with van der Waals surface area (Å²) in [7, 11) is 1.86. The van der Waals surface area contributed by atoms with Crippen molar-refractivity contribution >= 4 is 17.7 Å². The predicted octanol–water partition coefficient (Wildman–Crippen LogP) is 0.948. The molecule has 0 aromatic heterocycles. The Morgan fingerprint density at radius 3 is 2.71 bits per heavy atom. The first-order valence-electron chi connectivity index (χ1n) is 5.00. The standard InChI is InChI=1S/C10H20N2OS/c1-10(2,14-4)7-11-8-5-6-12(3)9(8)13/h8,11H,5-7H2,1-4H3. The Balaban J connectivity index is 2.36. The lowest BCUT2D eigenvalue weighted by Gasteiger charge is -2.24. The van der Waals surface area contributed by atoms with Crippen LogP contribution in [0.3, 0.4) is 0 Å². The number of thioether (sulfide) groups is 1. The number of carbonyl (C=O) groups is 1. The molecule has 0 saturated carbocycles. The van der Waals surface area contributed by atoms with Crippen LogP contribution < -0.4 is 5.32 Å². The van der Waals surface area contributed by atoms with Gasteiger partial charge in [0.2, 0.25) is 5.91 Å². The van der Waals surface area contributed by atoms with Crippen molar-refractivity contribution in [2.24, 2.45) is 0 Å². The van der Waals surface area contributed by atoms with Gasteiger partial charge in [-0.05, 0) is 26.5 Å². The topological polar surface area (TPSA) is 32.3 Å². The maximum atomic E-state index is 11.6. The van der Waals surface area contributed by atoms with Crippen molar-refractivity contribution in [1.82, 2.24) is 10.2 Å². The molecule has 0 aromatic rings. The minimum Gasteiger partial charge on any atom is -0.344 e. The van der Waals surface area contributed by atoms with Crippen molar-refractivity contribution in [1.29, 1.82) is 0 Å². The van der Waals surface area contributed by atoms with Crippen LogP contribution in [0.15, 0.2) is 0 Å². The number of carbonyl (C=O) groups excluding carboxylic acids is 1. The fraction of sp³-hybridized carbons (Fsp3) is 0.900. The number of hydrogen-bond acceptors (Lipinski definition) is 3. The molecular weight excluding hydrogens is 196 g/mol. The molecule has 1 amide bonds. The van der Waals surface area contributed by atoms with Crippen molar-refractivity contribution in [2.45, 2.75) is 31.1 Å². The van der Waals surface area contributed by atoms with Crippen LogP contribution in [-0.2, 0) is 4.79 Å². The molecule has 1 aliphatic rings. The molecule has 0 radical (unpaired) electrons. The second-order valence-corrected chi connectivity index (χ2v) is 5.96. The van der Waals surface area contributed by atoms with Gasteiger partial charge in [-0.25, -0.2) is 0 Å². The van der Waals surface area contributed by atoms with E-state index in [1.54, 1.807) is 4.90 Å². The maximum absolute atomic E-state index is 11.6. The number of likely N-dealkylation sites (tertiary alicyclic amines) is 1. The molecule has 82 valence electrons. The zero-order valence-electron chi connectivity index (χ0n) is 9.46. The highest BCUT2D eigenvalue weighted by Gasteiger charge is 2.29. The van der Waals surface area contributed by atoms with E-state index in [9.17, 15) is 4.79 Å². The summed E-state index contributed by atoms with van der Waals surface area (Å²) in [5.74, 6) is 0.238. The van der Waals surface area contributed by atoms with E-state index in [1.165, 1.54) is 0 Å². The molecule has 1 atom stereocenters. The molecular formula is C10H20N2OS. The molecule has 3 nitrogen and oxygen atoms in total. The number of rotatable bonds is 4. The van der Waals surface area contributed by atoms with Gasteiger partial charge in [-0.1, -0.05) is 0 Å². The third-order valence-corrected chi connectivity index (χ3v) is 4.00. The average Bonchev–Trinajstić information content (AvgIpc) is 2.45. The van der Waals surface area contributed by atoms with Crippen molar-refractivity contribution in [3.63, 3.8) is 0 Å². The van der Waals surface area contributed by atoms with Crippen LogP contribution in [0.5, 0.6) is 0 Å². The van der Waals surface area contributed by atoms with E-state index in [0.29, 0.717) is 0 Å². The Kier molecular flexibility index (Phi) is 3.84. The van der Waals surface area contributed by atoms with Crippen LogP contribution in [0.4, 0.5) is 0 Å². The Morgan fingerprint density at radius 1 is 1.64 bits per heavy atom. The third-order valence-electron chi connectivity index (χ3n) is 2.75. The van der Waals surface area contributed by atoms with Gasteiger partial charge in [-0.2, -0.15) is 11.8 Å². The van der Waals surface area contributed by atoms with Gasteiger partial charge in [-0.15, -0.1) is 0 Å². The zero-order valence-corrected chi connectivity index (χ0v) is 10.3. The highest BCUT2D eigenvalue weighted by Crippen LogP contribution is 2.20. The molecule has 0 bridgehead atoms. The first-order chi connectivity index (χ1) is 6.46. The molecule has 0 aliphatic carbocycles. The number of hydrogen-bond donors (Lipinski definition) is 1. The van der Waals surface area contributed by atoms with Crippen molar-refractivity contribution in [2.75, 3.05) is 26.4 Å². The minimum atomic E-state index is 0.0476. The second-order valence-electron chi connectivity index (χ2n) is 4.45. The lowest BCUT2D eigenvalue weighted by Crippen LogP contribution is -2.42. The summed E-state index contributed by atoms with van der Waals surface area (Å²) < 4.78 is 0.210. The van der Waals surface area contributed by atoms with Gasteiger partial charge in [0.15, 0.2) is 0 Å². The van der Waals surface area contributed by atoms with Crippen molar-refractivity contribution in [3.05, 3.63) is 0 Å². The van der Waals surface area contributed by atoms with Crippen LogP contribution in [0.25, 0.3) is 0 Å². The molecule has 1 heterocycles. The summed E-state index contributed by atoms with van der Waals surface area (Å²) in [6.45, 7) is 6.15. The van der Waals surface area contributed by atoms with Crippen LogP contribution >= 0.6 is 11.8 Å². The predicted molar refractivity (Wildman–Crippen MR) is 61.6 cm³/mol. The van der Waals surface area contributed by atoms with E-state index in [0.717, 1.165) is 19.5 Å². The average molecular weight is 216 g/mol. The lowest BCUT2D eigenvalue weighted by molar-refractivity contribution is -0.128. The van der Waals surface area contributed by atoms with Gasteiger partial charge in [0.25, 0.3) is 0 Å². The van der Waals surface area contributed by atoms with E-state index in [2.05, 4.69) is 25.4 Å². The normalized spacial score (nSPS) is 23.3. The molecule has 1 saturated heterocycles. The first kappa shape index (κ1) is 11.9. The van der Waals surface area contributed by atoms with Crippen molar-refractivity contribution < 1.29 is 4.79 Å². The Hall–Kier alpha value is -0.220. The molecule has 0 aromatic carbocycles. The largest absolute Gasteiger partial charge is 0.344 e. The van der Waals surface area contributed by atoms with Gasteiger partial charge in [0.05, 0.1) is 6.04 Å². The Labute approximate surface area is 90.6 Å². The van der Waals surface area contributed by atoms with E-state index < -0.39 is 0 Å². The fourth-order valence-electron chi connectivity index (χ4n) is 1.45. The third kappa shape index (κ3) is 2.89. The molecule has 1 fully saturated rings. The highest BCUT2D eigenvalue weighted by molar-refractivity contribution is 7.99. The maximum Gasteiger partial charge on any atom is 0.239 e. The summed E-state index contributed by atoms with van der Waals surface area (Å²) in [6, 6.07) is 0.0476. The second kappa shape index (κ2) is 4.53. The SMILES string of the molecule is CSC(C)(C)CNC1CCN(C)C1=O. The molecule has 1 N–H and O–H groups in total. The zero-order chi connectivity index (χ0) is 10.8. The Bertz CT molecular complexity index is 218. The number of nitrogens with one attached hydrogen (secondary N) is 1. The molecule has 1 rings (SSSR count). The van der Waals surface area contributed by atoms with Crippen LogP contribution in [0, 0.1) is 0 Å². The van der Waals surface area contributed by atoms with E-state index in [-0.39, 0.29) is 16.7 Å². The summed E-state index contributed by atoms with van der Waals surface area (Å²) in [6.07, 6.45) is 3.05. The molecule has 1 aliphatic heterocycles. The monoisotopic (exact) mass is 216 g/mol. The lowest BCUT2D eigenvalue weighted by atomic mass is 10.2. The Morgan fingerprint density at radius 2 is 2.29 bits per heavy atom. The van der Waals surface area contributed by atoms with E-state index in [1.807, 2.05) is 18.8 Å². The van der Waals surface area contributed by atoms with E-state index in [4.69, 9.17) is 0 Å². The van der Waals surface area contributed by atoms with Gasteiger partial charge < -0.3 is 10.2 Å². The van der Waals surface area contributed by atoms with Gasteiger partial charge in [-0.3, -0.25) is 4.79 Å². The quantitative estimate of drug-likeness (QED) is 0.759.